The Kier molecular flexibility index (Phi) is 4.56. The van der Waals surface area contributed by atoms with Gasteiger partial charge in [0.25, 0.3) is 5.91 Å². The first-order valence-corrected chi connectivity index (χ1v) is 6.91. The van der Waals surface area contributed by atoms with Crippen molar-refractivity contribution in [3.8, 4) is 0 Å². The van der Waals surface area contributed by atoms with Gasteiger partial charge in [-0.05, 0) is 18.4 Å². The van der Waals surface area contributed by atoms with E-state index in [1.807, 2.05) is 44.2 Å². The number of rotatable bonds is 4. The summed E-state index contributed by atoms with van der Waals surface area (Å²) in [5.41, 5.74) is 1.94. The number of hydrogen-bond donors (Lipinski definition) is 0. The molecule has 1 aromatic carbocycles. The molecule has 0 aromatic heterocycles. The highest BCUT2D eigenvalue weighted by atomic mass is 16.6. The number of allylic oxidation sites excluding steroid dienone is 1. The molecule has 0 radical (unpaired) electrons. The van der Waals surface area contributed by atoms with Crippen molar-refractivity contribution in [2.24, 2.45) is 0 Å². The first-order chi connectivity index (χ1) is 9.67. The van der Waals surface area contributed by atoms with Crippen molar-refractivity contribution in [1.82, 2.24) is 4.90 Å². The van der Waals surface area contributed by atoms with E-state index in [4.69, 9.17) is 4.74 Å². The van der Waals surface area contributed by atoms with Gasteiger partial charge >= 0.3 is 6.09 Å². The number of cyclic esters (lactones) is 1. The van der Waals surface area contributed by atoms with Crippen molar-refractivity contribution in [3.63, 3.8) is 0 Å². The van der Waals surface area contributed by atoms with E-state index in [1.54, 1.807) is 6.08 Å². The fraction of sp³-hybridized carbons (Fsp3) is 0.375. The Morgan fingerprint density at radius 2 is 1.95 bits per heavy atom. The molecule has 4 nitrogen and oxygen atoms in total. The van der Waals surface area contributed by atoms with Gasteiger partial charge in [0.2, 0.25) is 0 Å². The van der Waals surface area contributed by atoms with E-state index in [9.17, 15) is 9.59 Å². The Morgan fingerprint density at radius 3 is 2.55 bits per heavy atom. The van der Waals surface area contributed by atoms with Crippen molar-refractivity contribution in [3.05, 3.63) is 47.5 Å². The molecule has 1 saturated heterocycles. The van der Waals surface area contributed by atoms with Crippen molar-refractivity contribution < 1.29 is 14.3 Å². The van der Waals surface area contributed by atoms with Crippen LogP contribution in [0.5, 0.6) is 0 Å². The molecule has 20 heavy (non-hydrogen) atoms. The van der Waals surface area contributed by atoms with Gasteiger partial charge in [0.1, 0.15) is 12.6 Å². The standard InChI is InChI=1S/C16H19NO3/c1-3-12(4-2)10-15(18)17-14(11-20-16(17)19)13-8-6-5-7-9-13/h5-10,14H,3-4,11H2,1-2H3/t14-/m0/s1. The molecular formula is C16H19NO3. The summed E-state index contributed by atoms with van der Waals surface area (Å²) in [6.07, 6.45) is 2.61. The third-order valence-electron chi connectivity index (χ3n) is 3.53. The Bertz CT molecular complexity index is 516. The van der Waals surface area contributed by atoms with E-state index in [2.05, 4.69) is 0 Å². The zero-order chi connectivity index (χ0) is 14.5. The van der Waals surface area contributed by atoms with Crippen molar-refractivity contribution in [1.29, 1.82) is 0 Å². The smallest absolute Gasteiger partial charge is 0.417 e. The van der Waals surface area contributed by atoms with Gasteiger partial charge in [-0.25, -0.2) is 9.69 Å². The Balaban J connectivity index is 2.25. The van der Waals surface area contributed by atoms with Gasteiger partial charge in [0, 0.05) is 6.08 Å². The van der Waals surface area contributed by atoms with Gasteiger partial charge in [0.15, 0.2) is 0 Å². The first-order valence-electron chi connectivity index (χ1n) is 6.91. The van der Waals surface area contributed by atoms with Crippen molar-refractivity contribution in [2.75, 3.05) is 6.61 Å². The zero-order valence-corrected chi connectivity index (χ0v) is 11.8. The molecule has 1 aliphatic rings. The lowest BCUT2D eigenvalue weighted by Gasteiger charge is -2.18. The maximum absolute atomic E-state index is 12.3. The molecule has 2 amide bonds. The van der Waals surface area contributed by atoms with Crippen LogP contribution in [-0.2, 0) is 9.53 Å². The molecule has 1 atom stereocenters. The minimum absolute atomic E-state index is 0.218. The number of amides is 2. The number of ether oxygens (including phenoxy) is 1. The SMILES string of the molecule is CCC(=CC(=O)N1C(=O)OC[C@H]1c1ccccc1)CC. The molecular weight excluding hydrogens is 254 g/mol. The van der Waals surface area contributed by atoms with Crippen LogP contribution in [0.4, 0.5) is 4.79 Å². The summed E-state index contributed by atoms with van der Waals surface area (Å²) in [6.45, 7) is 4.22. The summed E-state index contributed by atoms with van der Waals surface area (Å²) in [6, 6.07) is 9.15. The van der Waals surface area contributed by atoms with E-state index in [1.165, 1.54) is 4.90 Å². The van der Waals surface area contributed by atoms with E-state index in [0.717, 1.165) is 24.0 Å². The van der Waals surface area contributed by atoms with Crippen LogP contribution in [0.2, 0.25) is 0 Å². The number of benzene rings is 1. The molecule has 1 fully saturated rings. The molecule has 1 heterocycles. The maximum Gasteiger partial charge on any atom is 0.417 e. The highest BCUT2D eigenvalue weighted by Crippen LogP contribution is 2.28. The van der Waals surface area contributed by atoms with Crippen LogP contribution in [0, 0.1) is 0 Å². The topological polar surface area (TPSA) is 46.6 Å². The molecule has 1 aromatic rings. The molecule has 106 valence electrons. The second-order valence-electron chi connectivity index (χ2n) is 4.72. The molecule has 0 spiro atoms. The third-order valence-corrected chi connectivity index (χ3v) is 3.53. The molecule has 0 bridgehead atoms. The van der Waals surface area contributed by atoms with Crippen LogP contribution in [-0.4, -0.2) is 23.5 Å². The number of carbonyl (C=O) groups excluding carboxylic acids is 2. The average Bonchev–Trinajstić information content (AvgIpc) is 2.87. The Labute approximate surface area is 119 Å². The van der Waals surface area contributed by atoms with Crippen LogP contribution < -0.4 is 0 Å². The summed E-state index contributed by atoms with van der Waals surface area (Å²) in [7, 11) is 0. The monoisotopic (exact) mass is 273 g/mol. The fourth-order valence-corrected chi connectivity index (χ4v) is 2.28. The van der Waals surface area contributed by atoms with E-state index in [0.29, 0.717) is 0 Å². The van der Waals surface area contributed by atoms with Crippen LogP contribution in [0.3, 0.4) is 0 Å². The number of nitrogens with zero attached hydrogens (tertiary/aromatic N) is 1. The highest BCUT2D eigenvalue weighted by Gasteiger charge is 2.37. The molecule has 4 heteroatoms. The largest absolute Gasteiger partial charge is 0.446 e. The van der Waals surface area contributed by atoms with Crippen molar-refractivity contribution >= 4 is 12.0 Å². The van der Waals surface area contributed by atoms with Gasteiger partial charge in [-0.2, -0.15) is 0 Å². The molecule has 0 unspecified atom stereocenters. The molecule has 0 N–H and O–H groups in total. The van der Waals surface area contributed by atoms with E-state index >= 15 is 0 Å². The quantitative estimate of drug-likeness (QED) is 0.789. The van der Waals surface area contributed by atoms with Crippen molar-refractivity contribution in [2.45, 2.75) is 32.7 Å². The van der Waals surface area contributed by atoms with Crippen LogP contribution >= 0.6 is 0 Å². The summed E-state index contributed by atoms with van der Waals surface area (Å²) >= 11 is 0. The van der Waals surface area contributed by atoms with Crippen LogP contribution in [0.1, 0.15) is 38.3 Å². The highest BCUT2D eigenvalue weighted by molar-refractivity contribution is 6.00. The van der Waals surface area contributed by atoms with Gasteiger partial charge in [0.05, 0.1) is 0 Å². The van der Waals surface area contributed by atoms with E-state index in [-0.39, 0.29) is 18.6 Å². The minimum atomic E-state index is -0.563. The third kappa shape index (κ3) is 2.90. The number of hydrogen-bond acceptors (Lipinski definition) is 3. The number of imide groups is 1. The normalized spacial score (nSPS) is 17.8. The lowest BCUT2D eigenvalue weighted by molar-refractivity contribution is -0.124. The van der Waals surface area contributed by atoms with Crippen LogP contribution in [0.25, 0.3) is 0 Å². The second-order valence-corrected chi connectivity index (χ2v) is 4.72. The molecule has 2 rings (SSSR count). The summed E-state index contributed by atoms with van der Waals surface area (Å²) in [4.78, 5) is 25.3. The van der Waals surface area contributed by atoms with Gasteiger partial charge in [-0.1, -0.05) is 49.8 Å². The fourth-order valence-electron chi connectivity index (χ4n) is 2.28. The Morgan fingerprint density at radius 1 is 1.30 bits per heavy atom. The molecule has 0 saturated carbocycles. The van der Waals surface area contributed by atoms with Gasteiger partial charge < -0.3 is 4.74 Å². The van der Waals surface area contributed by atoms with Gasteiger partial charge in [-0.3, -0.25) is 4.79 Å². The van der Waals surface area contributed by atoms with Crippen LogP contribution in [0.15, 0.2) is 42.0 Å². The lowest BCUT2D eigenvalue weighted by Crippen LogP contribution is -2.33. The second kappa shape index (κ2) is 6.37. The molecule has 1 aliphatic heterocycles. The average molecular weight is 273 g/mol. The predicted molar refractivity (Wildman–Crippen MR) is 76.0 cm³/mol. The summed E-state index contributed by atoms with van der Waals surface area (Å²) in [5, 5.41) is 0. The maximum atomic E-state index is 12.3. The predicted octanol–water partition coefficient (Wildman–Crippen LogP) is 3.45. The molecule has 0 aliphatic carbocycles. The summed E-state index contributed by atoms with van der Waals surface area (Å²) in [5.74, 6) is -0.292. The zero-order valence-electron chi connectivity index (χ0n) is 11.8. The number of carbonyl (C=O) groups is 2. The first kappa shape index (κ1) is 14.3. The van der Waals surface area contributed by atoms with E-state index < -0.39 is 6.09 Å². The van der Waals surface area contributed by atoms with Gasteiger partial charge in [-0.15, -0.1) is 0 Å². The lowest BCUT2D eigenvalue weighted by atomic mass is 10.1. The minimum Gasteiger partial charge on any atom is -0.446 e. The Hall–Kier alpha value is -2.10. The summed E-state index contributed by atoms with van der Waals surface area (Å²) < 4.78 is 5.04.